The molecule has 1 atom stereocenters. The highest BCUT2D eigenvalue weighted by atomic mass is 16.6. The lowest BCUT2D eigenvalue weighted by Gasteiger charge is -2.14. The number of nitrogens with zero attached hydrogens (tertiary/aromatic N) is 3. The molecule has 0 saturated carbocycles. The summed E-state index contributed by atoms with van der Waals surface area (Å²) in [4.78, 5) is 18.2. The molecule has 0 aliphatic heterocycles. The highest BCUT2D eigenvalue weighted by molar-refractivity contribution is 5.53. The molecule has 7 heteroatoms. The van der Waals surface area contributed by atoms with Gasteiger partial charge in [-0.2, -0.15) is 0 Å². The molecular formula is C12H13N5O2. The van der Waals surface area contributed by atoms with E-state index in [9.17, 15) is 10.1 Å². The van der Waals surface area contributed by atoms with Gasteiger partial charge in [-0.15, -0.1) is 0 Å². The number of nitrogens with two attached hydrogens (primary N) is 1. The molecule has 19 heavy (non-hydrogen) atoms. The van der Waals surface area contributed by atoms with Crippen LogP contribution in [0.25, 0.3) is 0 Å². The largest absolute Gasteiger partial charge is 0.383 e. The fourth-order valence-corrected chi connectivity index (χ4v) is 1.67. The number of rotatable bonds is 4. The predicted octanol–water partition coefficient (Wildman–Crippen LogP) is 2.14. The van der Waals surface area contributed by atoms with Crippen LogP contribution in [0.3, 0.4) is 0 Å². The summed E-state index contributed by atoms with van der Waals surface area (Å²) in [6.45, 7) is 1.92. The highest BCUT2D eigenvalue weighted by Gasteiger charge is 2.12. The first-order valence-electron chi connectivity index (χ1n) is 5.64. The van der Waals surface area contributed by atoms with Crippen LogP contribution in [0.5, 0.6) is 0 Å². The standard InChI is InChI=1S/C12H13N5O2/c1-8(9-2-4-14-5-3-9)15-12-7-10(17(18)19)6-11(13)16-12/h2-8H,1H3,(H3,13,15,16). The van der Waals surface area contributed by atoms with Gasteiger partial charge in [-0.25, -0.2) is 4.98 Å². The van der Waals surface area contributed by atoms with Gasteiger partial charge in [-0.1, -0.05) is 0 Å². The molecule has 0 spiro atoms. The summed E-state index contributed by atoms with van der Waals surface area (Å²) in [5.41, 5.74) is 6.46. The zero-order valence-corrected chi connectivity index (χ0v) is 10.3. The number of aromatic nitrogens is 2. The number of nitrogens with one attached hydrogen (secondary N) is 1. The Bertz CT molecular complexity index is 588. The summed E-state index contributed by atoms with van der Waals surface area (Å²) in [7, 11) is 0. The lowest BCUT2D eigenvalue weighted by molar-refractivity contribution is -0.384. The summed E-state index contributed by atoms with van der Waals surface area (Å²) in [5.74, 6) is 0.481. The molecule has 1 unspecified atom stereocenters. The van der Waals surface area contributed by atoms with Gasteiger partial charge in [-0.3, -0.25) is 15.1 Å². The van der Waals surface area contributed by atoms with E-state index in [2.05, 4.69) is 15.3 Å². The third-order valence-corrected chi connectivity index (χ3v) is 2.61. The minimum absolute atomic E-state index is 0.0584. The van der Waals surface area contributed by atoms with Gasteiger partial charge in [0.2, 0.25) is 0 Å². The Morgan fingerprint density at radius 1 is 1.37 bits per heavy atom. The van der Waals surface area contributed by atoms with Crippen LogP contribution in [0.4, 0.5) is 17.3 Å². The summed E-state index contributed by atoms with van der Waals surface area (Å²) in [6, 6.07) is 6.24. The molecule has 0 aromatic carbocycles. The van der Waals surface area contributed by atoms with Crippen LogP contribution in [0.1, 0.15) is 18.5 Å². The van der Waals surface area contributed by atoms with Gasteiger partial charge in [0.15, 0.2) is 0 Å². The first kappa shape index (κ1) is 12.7. The molecule has 2 aromatic rings. The van der Waals surface area contributed by atoms with Crippen molar-refractivity contribution in [2.75, 3.05) is 11.1 Å². The molecule has 0 aliphatic carbocycles. The fourth-order valence-electron chi connectivity index (χ4n) is 1.67. The maximum Gasteiger partial charge on any atom is 0.276 e. The van der Waals surface area contributed by atoms with Crippen molar-refractivity contribution in [2.45, 2.75) is 13.0 Å². The Labute approximate surface area is 109 Å². The van der Waals surface area contributed by atoms with Gasteiger partial charge < -0.3 is 11.1 Å². The van der Waals surface area contributed by atoms with Crippen LogP contribution in [-0.2, 0) is 0 Å². The summed E-state index contributed by atoms with van der Waals surface area (Å²) in [6.07, 6.45) is 3.37. The van der Waals surface area contributed by atoms with Crippen molar-refractivity contribution in [3.63, 3.8) is 0 Å². The molecule has 2 heterocycles. The van der Waals surface area contributed by atoms with Crippen molar-refractivity contribution in [1.82, 2.24) is 9.97 Å². The molecule has 2 aromatic heterocycles. The third kappa shape index (κ3) is 3.15. The Hall–Kier alpha value is -2.70. The Kier molecular flexibility index (Phi) is 3.56. The minimum Gasteiger partial charge on any atom is -0.383 e. The van der Waals surface area contributed by atoms with Crippen LogP contribution in [0, 0.1) is 10.1 Å². The molecule has 7 nitrogen and oxygen atoms in total. The van der Waals surface area contributed by atoms with E-state index in [1.165, 1.54) is 12.1 Å². The van der Waals surface area contributed by atoms with Crippen LogP contribution < -0.4 is 11.1 Å². The van der Waals surface area contributed by atoms with E-state index < -0.39 is 4.92 Å². The summed E-state index contributed by atoms with van der Waals surface area (Å²) < 4.78 is 0. The number of hydrogen-bond donors (Lipinski definition) is 2. The second kappa shape index (κ2) is 5.30. The molecule has 0 saturated heterocycles. The summed E-state index contributed by atoms with van der Waals surface area (Å²) >= 11 is 0. The third-order valence-electron chi connectivity index (χ3n) is 2.61. The average Bonchev–Trinajstić information content (AvgIpc) is 2.39. The number of hydrogen-bond acceptors (Lipinski definition) is 6. The van der Waals surface area contributed by atoms with Gasteiger partial charge >= 0.3 is 0 Å². The van der Waals surface area contributed by atoms with Crippen molar-refractivity contribution in [3.05, 3.63) is 52.3 Å². The number of nitrogen functional groups attached to an aromatic ring is 1. The van der Waals surface area contributed by atoms with E-state index in [1.807, 2.05) is 19.1 Å². The van der Waals surface area contributed by atoms with Crippen molar-refractivity contribution in [1.29, 1.82) is 0 Å². The Balaban J connectivity index is 2.21. The quantitative estimate of drug-likeness (QED) is 0.643. The molecular weight excluding hydrogens is 246 g/mol. The highest BCUT2D eigenvalue weighted by Crippen LogP contribution is 2.22. The zero-order chi connectivity index (χ0) is 13.8. The van der Waals surface area contributed by atoms with Crippen LogP contribution in [0.2, 0.25) is 0 Å². The van der Waals surface area contributed by atoms with E-state index in [1.54, 1.807) is 12.4 Å². The molecule has 0 aliphatic rings. The number of nitro groups is 1. The lowest BCUT2D eigenvalue weighted by Crippen LogP contribution is -2.09. The molecule has 0 fully saturated rings. The normalized spacial score (nSPS) is 11.8. The van der Waals surface area contributed by atoms with Gasteiger partial charge in [0.1, 0.15) is 11.6 Å². The minimum atomic E-state index is -0.500. The Morgan fingerprint density at radius 3 is 2.68 bits per heavy atom. The van der Waals surface area contributed by atoms with Gasteiger partial charge in [0.05, 0.1) is 23.1 Å². The van der Waals surface area contributed by atoms with Crippen LogP contribution in [-0.4, -0.2) is 14.9 Å². The molecule has 0 radical (unpaired) electrons. The van der Waals surface area contributed by atoms with E-state index in [4.69, 9.17) is 5.73 Å². The smallest absolute Gasteiger partial charge is 0.276 e. The van der Waals surface area contributed by atoms with Crippen LogP contribution >= 0.6 is 0 Å². The van der Waals surface area contributed by atoms with Gasteiger partial charge in [0.25, 0.3) is 5.69 Å². The first-order chi connectivity index (χ1) is 9.06. The summed E-state index contributed by atoms with van der Waals surface area (Å²) in [5, 5.41) is 13.8. The maximum absolute atomic E-state index is 10.7. The molecule has 3 N–H and O–H groups in total. The SMILES string of the molecule is CC(Nc1cc([N+](=O)[O-])cc(N)n1)c1ccncc1. The van der Waals surface area contributed by atoms with E-state index in [-0.39, 0.29) is 17.5 Å². The van der Waals surface area contributed by atoms with Gasteiger partial charge in [-0.05, 0) is 24.6 Å². The van der Waals surface area contributed by atoms with Crippen LogP contribution in [0.15, 0.2) is 36.7 Å². The van der Waals surface area contributed by atoms with Crippen molar-refractivity contribution >= 4 is 17.3 Å². The molecule has 98 valence electrons. The van der Waals surface area contributed by atoms with Gasteiger partial charge in [0, 0.05) is 12.4 Å². The van der Waals surface area contributed by atoms with E-state index in [0.717, 1.165) is 5.56 Å². The van der Waals surface area contributed by atoms with Crippen molar-refractivity contribution in [3.8, 4) is 0 Å². The topological polar surface area (TPSA) is 107 Å². The van der Waals surface area contributed by atoms with E-state index >= 15 is 0 Å². The first-order valence-corrected chi connectivity index (χ1v) is 5.64. The maximum atomic E-state index is 10.7. The number of pyridine rings is 2. The Morgan fingerprint density at radius 2 is 2.05 bits per heavy atom. The molecule has 2 rings (SSSR count). The van der Waals surface area contributed by atoms with E-state index in [0.29, 0.717) is 5.82 Å². The number of anilines is 2. The van der Waals surface area contributed by atoms with Crippen molar-refractivity contribution in [2.24, 2.45) is 0 Å². The molecule has 0 amide bonds. The zero-order valence-electron chi connectivity index (χ0n) is 10.3. The predicted molar refractivity (Wildman–Crippen MR) is 71.6 cm³/mol. The average molecular weight is 259 g/mol. The van der Waals surface area contributed by atoms with Crippen molar-refractivity contribution < 1.29 is 4.92 Å². The lowest BCUT2D eigenvalue weighted by atomic mass is 10.1. The fraction of sp³-hybridized carbons (Fsp3) is 0.167. The second-order valence-corrected chi connectivity index (χ2v) is 4.04. The monoisotopic (exact) mass is 259 g/mol. The molecule has 0 bridgehead atoms. The second-order valence-electron chi connectivity index (χ2n) is 4.04.